The van der Waals surface area contributed by atoms with Crippen LogP contribution in [0.15, 0.2) is 24.5 Å². The molecule has 0 aliphatic carbocycles. The van der Waals surface area contributed by atoms with Crippen molar-refractivity contribution in [2.75, 3.05) is 26.4 Å². The van der Waals surface area contributed by atoms with E-state index < -0.39 is 0 Å². The van der Waals surface area contributed by atoms with Crippen molar-refractivity contribution in [3.8, 4) is 5.75 Å². The van der Waals surface area contributed by atoms with Gasteiger partial charge in [0.15, 0.2) is 0 Å². The van der Waals surface area contributed by atoms with Gasteiger partial charge in [-0.25, -0.2) is 9.97 Å². The van der Waals surface area contributed by atoms with Crippen molar-refractivity contribution in [2.24, 2.45) is 0 Å². The van der Waals surface area contributed by atoms with Crippen LogP contribution >= 0.6 is 0 Å². The number of aromatic nitrogens is 2. The van der Waals surface area contributed by atoms with Crippen LogP contribution in [0.1, 0.15) is 6.92 Å². The Morgan fingerprint density at radius 1 is 1.33 bits per heavy atom. The summed E-state index contributed by atoms with van der Waals surface area (Å²) >= 11 is 0. The Bertz CT molecular complexity index is 536. The number of fused-ring (bicyclic) bond motifs is 1. The third kappa shape index (κ3) is 2.68. The minimum absolute atomic E-state index is 0.0743. The lowest BCUT2D eigenvalue weighted by atomic mass is 10.2. The molecule has 0 saturated heterocycles. The van der Waals surface area contributed by atoms with E-state index >= 15 is 0 Å². The van der Waals surface area contributed by atoms with Gasteiger partial charge in [0.2, 0.25) is 0 Å². The number of rotatable bonds is 4. The van der Waals surface area contributed by atoms with Crippen molar-refractivity contribution >= 4 is 16.7 Å². The Kier molecular flexibility index (Phi) is 3.62. The van der Waals surface area contributed by atoms with Crippen LogP contribution in [-0.4, -0.2) is 41.6 Å². The molecular formula is C13H18N4O. The quantitative estimate of drug-likeness (QED) is 0.886. The van der Waals surface area contributed by atoms with E-state index in [2.05, 4.69) is 14.9 Å². The number of likely N-dealkylation sites (N-methyl/N-ethyl adjacent to an activating group) is 1. The van der Waals surface area contributed by atoms with E-state index in [9.17, 15) is 0 Å². The van der Waals surface area contributed by atoms with Crippen LogP contribution in [0.4, 0.5) is 5.82 Å². The highest BCUT2D eigenvalue weighted by Gasteiger charge is 2.11. The molecule has 0 radical (unpaired) electrons. The second-order valence-electron chi connectivity index (χ2n) is 4.60. The predicted octanol–water partition coefficient (Wildman–Crippen LogP) is 1.54. The van der Waals surface area contributed by atoms with E-state index in [1.165, 1.54) is 6.33 Å². The van der Waals surface area contributed by atoms with Gasteiger partial charge < -0.3 is 15.4 Å². The van der Waals surface area contributed by atoms with Gasteiger partial charge >= 0.3 is 0 Å². The number of ether oxygens (including phenoxy) is 1. The first-order valence-corrected chi connectivity index (χ1v) is 5.88. The molecule has 0 bridgehead atoms. The average Bonchev–Trinajstić information content (AvgIpc) is 2.28. The number of nitrogens with zero attached hydrogens (tertiary/aromatic N) is 3. The third-order valence-corrected chi connectivity index (χ3v) is 2.60. The normalized spacial score (nSPS) is 12.9. The number of nitrogen functional groups attached to an aromatic ring is 1. The number of hydrogen-bond donors (Lipinski definition) is 1. The van der Waals surface area contributed by atoms with Gasteiger partial charge in [0.05, 0.1) is 10.9 Å². The van der Waals surface area contributed by atoms with Crippen LogP contribution in [0.3, 0.4) is 0 Å². The van der Waals surface area contributed by atoms with E-state index in [0.717, 1.165) is 23.2 Å². The number of anilines is 1. The molecule has 1 heterocycles. The molecule has 2 rings (SSSR count). The van der Waals surface area contributed by atoms with Gasteiger partial charge in [0, 0.05) is 6.54 Å². The standard InChI is InChI=1S/C13H18N4O/c1-9(7-17(2)3)18-11-6-4-5-10-12(11)13(14)16-8-15-10/h4-6,8-9H,7H2,1-3H3,(H2,14,15,16)/t9-/m0/s1. The van der Waals surface area contributed by atoms with Gasteiger partial charge in [-0.3, -0.25) is 0 Å². The Hall–Kier alpha value is -1.88. The molecule has 1 aromatic carbocycles. The van der Waals surface area contributed by atoms with Gasteiger partial charge in [-0.15, -0.1) is 0 Å². The monoisotopic (exact) mass is 246 g/mol. The fourth-order valence-corrected chi connectivity index (χ4v) is 1.97. The molecule has 0 saturated carbocycles. The summed E-state index contributed by atoms with van der Waals surface area (Å²) in [6, 6.07) is 5.71. The topological polar surface area (TPSA) is 64.3 Å². The number of hydrogen-bond acceptors (Lipinski definition) is 5. The largest absolute Gasteiger partial charge is 0.489 e. The summed E-state index contributed by atoms with van der Waals surface area (Å²) in [5.41, 5.74) is 6.70. The van der Waals surface area contributed by atoms with E-state index in [1.807, 2.05) is 39.2 Å². The summed E-state index contributed by atoms with van der Waals surface area (Å²) in [6.45, 7) is 2.86. The van der Waals surface area contributed by atoms with Crippen molar-refractivity contribution in [2.45, 2.75) is 13.0 Å². The molecule has 5 heteroatoms. The lowest BCUT2D eigenvalue weighted by molar-refractivity contribution is 0.179. The molecule has 0 aliphatic rings. The average molecular weight is 246 g/mol. The maximum atomic E-state index is 5.92. The third-order valence-electron chi connectivity index (χ3n) is 2.60. The lowest BCUT2D eigenvalue weighted by Gasteiger charge is -2.19. The highest BCUT2D eigenvalue weighted by Crippen LogP contribution is 2.28. The summed E-state index contributed by atoms with van der Waals surface area (Å²) in [6.07, 6.45) is 1.54. The van der Waals surface area contributed by atoms with Gasteiger partial charge in [-0.2, -0.15) is 0 Å². The molecule has 2 N–H and O–H groups in total. The SMILES string of the molecule is C[C@@H](CN(C)C)Oc1cccc2ncnc(N)c12. The Balaban J connectivity index is 2.33. The fourth-order valence-electron chi connectivity index (χ4n) is 1.97. The summed E-state index contributed by atoms with van der Waals surface area (Å²) < 4.78 is 5.92. The number of benzene rings is 1. The van der Waals surface area contributed by atoms with Crippen LogP contribution in [-0.2, 0) is 0 Å². The van der Waals surface area contributed by atoms with Crippen LogP contribution < -0.4 is 10.5 Å². The first-order chi connectivity index (χ1) is 8.58. The van der Waals surface area contributed by atoms with Gasteiger partial charge in [0.1, 0.15) is 24.0 Å². The minimum atomic E-state index is 0.0743. The zero-order valence-corrected chi connectivity index (χ0v) is 10.9. The zero-order chi connectivity index (χ0) is 13.1. The van der Waals surface area contributed by atoms with E-state index in [-0.39, 0.29) is 6.10 Å². The molecule has 0 unspecified atom stereocenters. The van der Waals surface area contributed by atoms with Crippen molar-refractivity contribution in [3.05, 3.63) is 24.5 Å². The first kappa shape index (κ1) is 12.6. The molecule has 5 nitrogen and oxygen atoms in total. The van der Waals surface area contributed by atoms with Crippen molar-refractivity contribution < 1.29 is 4.74 Å². The van der Waals surface area contributed by atoms with Gasteiger partial charge in [-0.1, -0.05) is 6.07 Å². The molecule has 96 valence electrons. The highest BCUT2D eigenvalue weighted by atomic mass is 16.5. The van der Waals surface area contributed by atoms with Gasteiger partial charge in [0.25, 0.3) is 0 Å². The fraction of sp³-hybridized carbons (Fsp3) is 0.385. The second-order valence-corrected chi connectivity index (χ2v) is 4.60. The predicted molar refractivity (Wildman–Crippen MR) is 72.6 cm³/mol. The van der Waals surface area contributed by atoms with E-state index in [4.69, 9.17) is 10.5 Å². The van der Waals surface area contributed by atoms with E-state index in [1.54, 1.807) is 0 Å². The minimum Gasteiger partial charge on any atom is -0.489 e. The Morgan fingerprint density at radius 3 is 2.83 bits per heavy atom. The Labute approximate surface area is 107 Å². The molecule has 18 heavy (non-hydrogen) atoms. The van der Waals surface area contributed by atoms with Gasteiger partial charge in [-0.05, 0) is 33.2 Å². The summed E-state index contributed by atoms with van der Waals surface area (Å²) in [4.78, 5) is 10.3. The summed E-state index contributed by atoms with van der Waals surface area (Å²) in [5.74, 6) is 1.19. The second kappa shape index (κ2) is 5.18. The molecule has 1 aromatic heterocycles. The molecule has 0 aliphatic heterocycles. The van der Waals surface area contributed by atoms with E-state index in [0.29, 0.717) is 5.82 Å². The van der Waals surface area contributed by atoms with Crippen LogP contribution in [0.5, 0.6) is 5.75 Å². The highest BCUT2D eigenvalue weighted by molar-refractivity contribution is 5.93. The number of nitrogens with two attached hydrogens (primary N) is 1. The molecule has 0 amide bonds. The molecule has 2 aromatic rings. The van der Waals surface area contributed by atoms with Crippen molar-refractivity contribution in [3.63, 3.8) is 0 Å². The molecule has 0 fully saturated rings. The zero-order valence-electron chi connectivity index (χ0n) is 10.9. The Morgan fingerprint density at radius 2 is 2.11 bits per heavy atom. The molecular weight excluding hydrogens is 228 g/mol. The molecule has 0 spiro atoms. The smallest absolute Gasteiger partial charge is 0.138 e. The summed E-state index contributed by atoms with van der Waals surface area (Å²) in [7, 11) is 4.03. The lowest BCUT2D eigenvalue weighted by Crippen LogP contribution is -2.28. The first-order valence-electron chi connectivity index (χ1n) is 5.88. The van der Waals surface area contributed by atoms with Crippen LogP contribution in [0, 0.1) is 0 Å². The van der Waals surface area contributed by atoms with Crippen LogP contribution in [0.2, 0.25) is 0 Å². The van der Waals surface area contributed by atoms with Crippen molar-refractivity contribution in [1.29, 1.82) is 0 Å². The maximum absolute atomic E-state index is 5.92. The maximum Gasteiger partial charge on any atom is 0.138 e. The van der Waals surface area contributed by atoms with Crippen molar-refractivity contribution in [1.82, 2.24) is 14.9 Å². The molecule has 1 atom stereocenters. The summed E-state index contributed by atoms with van der Waals surface area (Å²) in [5, 5.41) is 0.783. The van der Waals surface area contributed by atoms with Crippen LogP contribution in [0.25, 0.3) is 10.9 Å².